The molecule has 0 bridgehead atoms. The van der Waals surface area contributed by atoms with Crippen molar-refractivity contribution in [1.29, 1.82) is 0 Å². The first kappa shape index (κ1) is 15.5. The van der Waals surface area contributed by atoms with Crippen LogP contribution in [-0.2, 0) is 24.4 Å². The fourth-order valence-corrected chi connectivity index (χ4v) is 3.71. The Hall–Kier alpha value is -1.36. The van der Waals surface area contributed by atoms with Crippen molar-refractivity contribution < 1.29 is 4.79 Å². The molecule has 122 valence electrons. The summed E-state index contributed by atoms with van der Waals surface area (Å²) in [5.41, 5.74) is 3.65. The molecule has 1 aromatic rings. The highest BCUT2D eigenvalue weighted by molar-refractivity contribution is 5.80. The van der Waals surface area contributed by atoms with Gasteiger partial charge in [-0.05, 0) is 46.7 Å². The van der Waals surface area contributed by atoms with Crippen molar-refractivity contribution in [3.05, 3.63) is 17.0 Å². The first-order chi connectivity index (χ1) is 10.4. The van der Waals surface area contributed by atoms with Crippen LogP contribution in [0.4, 0.5) is 0 Å². The summed E-state index contributed by atoms with van der Waals surface area (Å²) < 4.78 is 2.12. The Morgan fingerprint density at radius 1 is 1.32 bits per heavy atom. The lowest BCUT2D eigenvalue weighted by Crippen LogP contribution is -2.39. The van der Waals surface area contributed by atoms with Gasteiger partial charge in [-0.15, -0.1) is 0 Å². The Morgan fingerprint density at radius 3 is 2.55 bits per heavy atom. The number of carbonyl (C=O) groups is 1. The minimum atomic E-state index is 0.261. The van der Waals surface area contributed by atoms with Gasteiger partial charge in [-0.3, -0.25) is 9.48 Å². The number of nitrogens with zero attached hydrogens (tertiary/aromatic N) is 4. The van der Waals surface area contributed by atoms with Gasteiger partial charge in [0.15, 0.2) is 0 Å². The zero-order valence-electron chi connectivity index (χ0n) is 14.5. The summed E-state index contributed by atoms with van der Waals surface area (Å²) in [6.45, 7) is 8.86. The first-order valence-corrected chi connectivity index (χ1v) is 8.39. The SMILES string of the molecule is CC1CC(C(=O)N2Cc3c(CN(C)C)nn(C(C)C)c3C2)C1. The maximum Gasteiger partial charge on any atom is 0.226 e. The summed E-state index contributed by atoms with van der Waals surface area (Å²) in [6.07, 6.45) is 2.12. The summed E-state index contributed by atoms with van der Waals surface area (Å²) in [4.78, 5) is 16.8. The Balaban J connectivity index is 1.80. The molecule has 0 spiro atoms. The van der Waals surface area contributed by atoms with Crippen LogP contribution in [0.5, 0.6) is 0 Å². The number of hydrogen-bond donors (Lipinski definition) is 0. The molecule has 1 aliphatic heterocycles. The van der Waals surface area contributed by atoms with Gasteiger partial charge in [0.2, 0.25) is 5.91 Å². The summed E-state index contributed by atoms with van der Waals surface area (Å²) in [5, 5.41) is 4.79. The second-order valence-electron chi connectivity index (χ2n) is 7.62. The molecule has 0 unspecified atom stereocenters. The van der Waals surface area contributed by atoms with Crippen molar-refractivity contribution in [3.63, 3.8) is 0 Å². The van der Waals surface area contributed by atoms with Gasteiger partial charge in [0.05, 0.1) is 17.9 Å². The second-order valence-corrected chi connectivity index (χ2v) is 7.62. The first-order valence-electron chi connectivity index (χ1n) is 8.39. The molecule has 22 heavy (non-hydrogen) atoms. The third kappa shape index (κ3) is 2.67. The van der Waals surface area contributed by atoms with E-state index in [0.717, 1.165) is 44.1 Å². The van der Waals surface area contributed by atoms with E-state index in [2.05, 4.69) is 44.4 Å². The number of fused-ring (bicyclic) bond motifs is 1. The molecule has 1 amide bonds. The number of hydrogen-bond acceptors (Lipinski definition) is 3. The van der Waals surface area contributed by atoms with Crippen LogP contribution in [-0.4, -0.2) is 39.6 Å². The fourth-order valence-electron chi connectivity index (χ4n) is 3.71. The molecule has 1 aromatic heterocycles. The van der Waals surface area contributed by atoms with E-state index >= 15 is 0 Å². The fraction of sp³-hybridized carbons (Fsp3) is 0.765. The van der Waals surface area contributed by atoms with E-state index in [-0.39, 0.29) is 5.92 Å². The summed E-state index contributed by atoms with van der Waals surface area (Å²) in [7, 11) is 4.13. The van der Waals surface area contributed by atoms with Crippen molar-refractivity contribution in [1.82, 2.24) is 19.6 Å². The molecule has 3 rings (SSSR count). The molecule has 2 aliphatic rings. The predicted molar refractivity (Wildman–Crippen MR) is 86.1 cm³/mol. The van der Waals surface area contributed by atoms with Crippen LogP contribution in [0.25, 0.3) is 0 Å². The maximum atomic E-state index is 12.6. The lowest BCUT2D eigenvalue weighted by atomic mass is 9.75. The van der Waals surface area contributed by atoms with Gasteiger partial charge >= 0.3 is 0 Å². The molecule has 0 N–H and O–H groups in total. The highest BCUT2D eigenvalue weighted by Gasteiger charge is 2.38. The largest absolute Gasteiger partial charge is 0.332 e. The van der Waals surface area contributed by atoms with E-state index in [0.29, 0.717) is 11.9 Å². The van der Waals surface area contributed by atoms with Crippen LogP contribution >= 0.6 is 0 Å². The average Bonchev–Trinajstić information content (AvgIpc) is 2.94. The zero-order chi connectivity index (χ0) is 16.0. The van der Waals surface area contributed by atoms with Crippen LogP contribution in [0.2, 0.25) is 0 Å². The lowest BCUT2D eigenvalue weighted by Gasteiger charge is -2.34. The molecule has 0 saturated heterocycles. The smallest absolute Gasteiger partial charge is 0.226 e. The maximum absolute atomic E-state index is 12.6. The number of rotatable bonds is 4. The number of amides is 1. The number of carbonyl (C=O) groups excluding carboxylic acids is 1. The Kier molecular flexibility index (Phi) is 4.02. The molecule has 0 radical (unpaired) electrons. The lowest BCUT2D eigenvalue weighted by molar-refractivity contribution is -0.140. The third-order valence-electron chi connectivity index (χ3n) is 4.88. The van der Waals surface area contributed by atoms with Crippen molar-refractivity contribution in [2.75, 3.05) is 14.1 Å². The Bertz CT molecular complexity index is 569. The van der Waals surface area contributed by atoms with E-state index in [4.69, 9.17) is 5.10 Å². The van der Waals surface area contributed by atoms with Gasteiger partial charge in [-0.25, -0.2) is 0 Å². The van der Waals surface area contributed by atoms with Crippen LogP contribution in [0.15, 0.2) is 0 Å². The standard InChI is InChI=1S/C17H28N4O/c1-11(2)21-16-10-20(17(22)13-6-12(3)7-13)8-14(16)15(18-21)9-19(4)5/h11-13H,6-10H2,1-5H3. The molecule has 1 aliphatic carbocycles. The molecular formula is C17H28N4O. The van der Waals surface area contributed by atoms with Gasteiger partial charge in [-0.2, -0.15) is 5.10 Å². The Labute approximate surface area is 133 Å². The molecule has 1 saturated carbocycles. The summed E-state index contributed by atoms with van der Waals surface area (Å²) in [6, 6.07) is 0.337. The summed E-state index contributed by atoms with van der Waals surface area (Å²) in [5.74, 6) is 1.33. The molecule has 5 heteroatoms. The van der Waals surface area contributed by atoms with Gasteiger partial charge in [0.25, 0.3) is 0 Å². The van der Waals surface area contributed by atoms with Crippen LogP contribution in [0, 0.1) is 11.8 Å². The van der Waals surface area contributed by atoms with E-state index in [1.165, 1.54) is 11.3 Å². The van der Waals surface area contributed by atoms with Crippen LogP contribution in [0.3, 0.4) is 0 Å². The second kappa shape index (κ2) is 5.69. The van der Waals surface area contributed by atoms with Crippen LogP contribution < -0.4 is 0 Å². The molecular weight excluding hydrogens is 276 g/mol. The topological polar surface area (TPSA) is 41.4 Å². The summed E-state index contributed by atoms with van der Waals surface area (Å²) >= 11 is 0. The monoisotopic (exact) mass is 304 g/mol. The molecule has 2 heterocycles. The van der Waals surface area contributed by atoms with Crippen molar-refractivity contribution in [2.24, 2.45) is 11.8 Å². The van der Waals surface area contributed by atoms with Crippen LogP contribution in [0.1, 0.15) is 56.6 Å². The van der Waals surface area contributed by atoms with E-state index < -0.39 is 0 Å². The van der Waals surface area contributed by atoms with Crippen molar-refractivity contribution in [3.8, 4) is 0 Å². The van der Waals surface area contributed by atoms with Gasteiger partial charge in [0.1, 0.15) is 0 Å². The van der Waals surface area contributed by atoms with E-state index in [9.17, 15) is 4.79 Å². The van der Waals surface area contributed by atoms with Crippen molar-refractivity contribution in [2.45, 2.75) is 59.3 Å². The molecule has 1 fully saturated rings. The van der Waals surface area contributed by atoms with Gasteiger partial charge in [-0.1, -0.05) is 6.92 Å². The average molecular weight is 304 g/mol. The number of aromatic nitrogens is 2. The molecule has 0 aromatic carbocycles. The minimum absolute atomic E-state index is 0.261. The Morgan fingerprint density at radius 2 is 2.00 bits per heavy atom. The van der Waals surface area contributed by atoms with E-state index in [1.807, 2.05) is 4.90 Å². The molecule has 0 atom stereocenters. The quantitative estimate of drug-likeness (QED) is 0.858. The van der Waals surface area contributed by atoms with Crippen molar-refractivity contribution >= 4 is 5.91 Å². The third-order valence-corrected chi connectivity index (χ3v) is 4.88. The van der Waals surface area contributed by atoms with Gasteiger partial charge in [0, 0.05) is 30.6 Å². The predicted octanol–water partition coefficient (Wildman–Crippen LogP) is 2.41. The normalized spacial score (nSPS) is 24.0. The molecule has 5 nitrogen and oxygen atoms in total. The van der Waals surface area contributed by atoms with Gasteiger partial charge < -0.3 is 9.80 Å². The highest BCUT2D eigenvalue weighted by Crippen LogP contribution is 2.37. The highest BCUT2D eigenvalue weighted by atomic mass is 16.2. The zero-order valence-corrected chi connectivity index (χ0v) is 14.5. The van der Waals surface area contributed by atoms with E-state index in [1.54, 1.807) is 0 Å². The minimum Gasteiger partial charge on any atom is -0.332 e.